The monoisotopic (exact) mass is 284 g/mol. The van der Waals surface area contributed by atoms with Gasteiger partial charge in [0.25, 0.3) is 0 Å². The molecule has 2 N–H and O–H groups in total. The molecule has 2 rings (SSSR count). The SMILES string of the molecule is CC(=O)N(C(=O)Oc1cccc(N)c1)c1cccc(C)c1. The highest BCUT2D eigenvalue weighted by atomic mass is 16.6. The van der Waals surface area contributed by atoms with E-state index in [9.17, 15) is 9.59 Å². The van der Waals surface area contributed by atoms with Crippen LogP contribution in [0.3, 0.4) is 0 Å². The number of hydrogen-bond acceptors (Lipinski definition) is 4. The molecule has 0 aliphatic carbocycles. The first-order valence-corrected chi connectivity index (χ1v) is 6.42. The maximum absolute atomic E-state index is 12.2. The third-order valence-corrected chi connectivity index (χ3v) is 2.82. The quantitative estimate of drug-likeness (QED) is 0.860. The number of anilines is 2. The molecule has 0 saturated carbocycles. The standard InChI is InChI=1S/C16H16N2O3/c1-11-5-3-7-14(9-11)18(12(2)19)16(20)21-15-8-4-6-13(17)10-15/h3-10H,17H2,1-2H3. The topological polar surface area (TPSA) is 72.6 Å². The van der Waals surface area contributed by atoms with Gasteiger partial charge in [0.1, 0.15) is 5.75 Å². The molecule has 0 radical (unpaired) electrons. The van der Waals surface area contributed by atoms with Crippen molar-refractivity contribution in [3.8, 4) is 5.75 Å². The first-order chi connectivity index (χ1) is 9.97. The minimum absolute atomic E-state index is 0.291. The van der Waals surface area contributed by atoms with Crippen molar-refractivity contribution >= 4 is 23.4 Å². The number of carbonyl (C=O) groups is 2. The molecule has 0 bridgehead atoms. The molecule has 21 heavy (non-hydrogen) atoms. The first kappa shape index (κ1) is 14.6. The smallest absolute Gasteiger partial charge is 0.410 e. The maximum Gasteiger partial charge on any atom is 0.426 e. The number of nitrogens with two attached hydrogens (primary N) is 1. The molecule has 0 fully saturated rings. The second-order valence-electron chi connectivity index (χ2n) is 4.63. The molecule has 2 amide bonds. The van der Waals surface area contributed by atoms with E-state index in [1.165, 1.54) is 13.0 Å². The second kappa shape index (κ2) is 6.09. The van der Waals surface area contributed by atoms with E-state index in [0.29, 0.717) is 17.1 Å². The van der Waals surface area contributed by atoms with Gasteiger partial charge < -0.3 is 10.5 Å². The molecule has 0 spiro atoms. The third-order valence-electron chi connectivity index (χ3n) is 2.82. The van der Waals surface area contributed by atoms with Crippen LogP contribution in [0.2, 0.25) is 0 Å². The van der Waals surface area contributed by atoms with Crippen LogP contribution in [0.5, 0.6) is 5.75 Å². The molecule has 2 aromatic carbocycles. The van der Waals surface area contributed by atoms with Crippen molar-refractivity contribution in [1.29, 1.82) is 0 Å². The molecule has 0 unspecified atom stereocenters. The predicted molar refractivity (Wildman–Crippen MR) is 81.2 cm³/mol. The van der Waals surface area contributed by atoms with Crippen molar-refractivity contribution in [1.82, 2.24) is 0 Å². The molecular weight excluding hydrogens is 268 g/mol. The third kappa shape index (κ3) is 3.60. The number of rotatable bonds is 2. The van der Waals surface area contributed by atoms with Crippen molar-refractivity contribution in [2.24, 2.45) is 0 Å². The summed E-state index contributed by atoms with van der Waals surface area (Å²) in [4.78, 5) is 25.0. The van der Waals surface area contributed by atoms with Crippen molar-refractivity contribution in [3.05, 3.63) is 54.1 Å². The minimum Gasteiger partial charge on any atom is -0.410 e. The Bertz CT molecular complexity index is 683. The lowest BCUT2D eigenvalue weighted by atomic mass is 10.2. The Morgan fingerprint density at radius 1 is 1.10 bits per heavy atom. The van der Waals surface area contributed by atoms with E-state index in [2.05, 4.69) is 0 Å². The molecule has 2 aromatic rings. The number of nitrogen functional groups attached to an aromatic ring is 1. The van der Waals surface area contributed by atoms with Crippen LogP contribution < -0.4 is 15.4 Å². The summed E-state index contributed by atoms with van der Waals surface area (Å²) in [5.74, 6) is -0.131. The fourth-order valence-electron chi connectivity index (χ4n) is 1.91. The van der Waals surface area contributed by atoms with E-state index < -0.39 is 12.0 Å². The molecule has 5 heteroatoms. The lowest BCUT2D eigenvalue weighted by Crippen LogP contribution is -2.37. The average molecular weight is 284 g/mol. The van der Waals surface area contributed by atoms with Crippen molar-refractivity contribution < 1.29 is 14.3 Å². The number of ether oxygens (including phenoxy) is 1. The normalized spacial score (nSPS) is 10.0. The summed E-state index contributed by atoms with van der Waals surface area (Å²) in [5, 5.41) is 0. The van der Waals surface area contributed by atoms with Gasteiger partial charge in [0.05, 0.1) is 5.69 Å². The summed E-state index contributed by atoms with van der Waals surface area (Å²) in [5.41, 5.74) is 7.52. The largest absolute Gasteiger partial charge is 0.426 e. The fraction of sp³-hybridized carbons (Fsp3) is 0.125. The van der Waals surface area contributed by atoms with Gasteiger partial charge in [-0.2, -0.15) is 0 Å². The van der Waals surface area contributed by atoms with E-state index >= 15 is 0 Å². The second-order valence-corrected chi connectivity index (χ2v) is 4.63. The van der Waals surface area contributed by atoms with Gasteiger partial charge in [0, 0.05) is 18.7 Å². The number of amides is 2. The van der Waals surface area contributed by atoms with Crippen LogP contribution in [0.15, 0.2) is 48.5 Å². The van der Waals surface area contributed by atoms with Gasteiger partial charge in [0.15, 0.2) is 0 Å². The van der Waals surface area contributed by atoms with Crippen LogP contribution in [-0.4, -0.2) is 12.0 Å². The van der Waals surface area contributed by atoms with Gasteiger partial charge >= 0.3 is 6.09 Å². The van der Waals surface area contributed by atoms with Gasteiger partial charge in [-0.3, -0.25) is 4.79 Å². The summed E-state index contributed by atoms with van der Waals surface area (Å²) in [6.45, 7) is 3.19. The Kier molecular flexibility index (Phi) is 4.23. The van der Waals surface area contributed by atoms with E-state index in [-0.39, 0.29) is 0 Å². The number of aryl methyl sites for hydroxylation is 1. The molecule has 0 atom stereocenters. The number of carbonyl (C=O) groups excluding carboxylic acids is 2. The number of nitrogens with zero attached hydrogens (tertiary/aromatic N) is 1. The van der Waals surface area contributed by atoms with Gasteiger partial charge in [-0.1, -0.05) is 18.2 Å². The minimum atomic E-state index is -0.765. The van der Waals surface area contributed by atoms with Crippen molar-refractivity contribution in [2.45, 2.75) is 13.8 Å². The van der Waals surface area contributed by atoms with E-state index in [1.54, 1.807) is 36.4 Å². The number of hydrogen-bond donors (Lipinski definition) is 1. The highest BCUT2D eigenvalue weighted by Crippen LogP contribution is 2.20. The Morgan fingerprint density at radius 2 is 1.81 bits per heavy atom. The molecule has 0 heterocycles. The molecule has 5 nitrogen and oxygen atoms in total. The first-order valence-electron chi connectivity index (χ1n) is 6.42. The Hall–Kier alpha value is -2.82. The zero-order chi connectivity index (χ0) is 15.4. The van der Waals surface area contributed by atoms with E-state index in [0.717, 1.165) is 10.5 Å². The van der Waals surface area contributed by atoms with Crippen molar-refractivity contribution in [2.75, 3.05) is 10.6 Å². The summed E-state index contributed by atoms with van der Waals surface area (Å²) in [7, 11) is 0. The summed E-state index contributed by atoms with van der Waals surface area (Å²) in [6, 6.07) is 13.5. The van der Waals surface area contributed by atoms with Gasteiger partial charge in [-0.05, 0) is 36.8 Å². The van der Waals surface area contributed by atoms with Crippen LogP contribution in [-0.2, 0) is 4.79 Å². The summed E-state index contributed by atoms with van der Waals surface area (Å²) >= 11 is 0. The molecule has 0 aromatic heterocycles. The Morgan fingerprint density at radius 3 is 2.43 bits per heavy atom. The van der Waals surface area contributed by atoms with Gasteiger partial charge in [0.2, 0.25) is 5.91 Å². The van der Waals surface area contributed by atoms with Gasteiger partial charge in [-0.25, -0.2) is 9.69 Å². The zero-order valence-electron chi connectivity index (χ0n) is 11.9. The van der Waals surface area contributed by atoms with Crippen LogP contribution in [0.4, 0.5) is 16.2 Å². The molecule has 0 aliphatic rings. The van der Waals surface area contributed by atoms with Crippen LogP contribution in [0.1, 0.15) is 12.5 Å². The van der Waals surface area contributed by atoms with Crippen LogP contribution in [0.25, 0.3) is 0 Å². The number of imide groups is 1. The van der Waals surface area contributed by atoms with Crippen molar-refractivity contribution in [3.63, 3.8) is 0 Å². The molecular formula is C16H16N2O3. The maximum atomic E-state index is 12.2. The fourth-order valence-corrected chi connectivity index (χ4v) is 1.91. The molecule has 0 aliphatic heterocycles. The molecule has 0 saturated heterocycles. The molecule has 108 valence electrons. The Balaban J connectivity index is 2.26. The summed E-state index contributed by atoms with van der Waals surface area (Å²) in [6.07, 6.45) is -0.765. The highest BCUT2D eigenvalue weighted by molar-refractivity contribution is 6.11. The lowest BCUT2D eigenvalue weighted by Gasteiger charge is -2.19. The highest BCUT2D eigenvalue weighted by Gasteiger charge is 2.22. The average Bonchev–Trinajstić information content (AvgIpc) is 2.38. The summed E-state index contributed by atoms with van der Waals surface area (Å²) < 4.78 is 5.20. The number of benzene rings is 2. The van der Waals surface area contributed by atoms with Gasteiger partial charge in [-0.15, -0.1) is 0 Å². The van der Waals surface area contributed by atoms with E-state index in [4.69, 9.17) is 10.5 Å². The van der Waals surface area contributed by atoms with Crippen LogP contribution in [0, 0.1) is 6.92 Å². The van der Waals surface area contributed by atoms with E-state index in [1.807, 2.05) is 13.0 Å². The predicted octanol–water partition coefficient (Wildman–Crippen LogP) is 3.13. The Labute approximate surface area is 122 Å². The zero-order valence-corrected chi connectivity index (χ0v) is 11.9. The lowest BCUT2D eigenvalue weighted by molar-refractivity contribution is -0.116. The van der Waals surface area contributed by atoms with Crippen LogP contribution >= 0.6 is 0 Å².